The number of likely N-dealkylation sites (tertiary alicyclic amines) is 1. The molecule has 2 aliphatic rings. The maximum absolute atomic E-state index is 13.3. The monoisotopic (exact) mass is 444 g/mol. The number of amides is 2. The number of carbonyl (C=O) groups is 1. The Labute approximate surface area is 182 Å². The second-order valence-electron chi connectivity index (χ2n) is 8.17. The van der Waals surface area contributed by atoms with Crippen LogP contribution in [0.5, 0.6) is 0 Å². The maximum atomic E-state index is 13.3. The molecule has 168 valence electrons. The minimum Gasteiger partial charge on any atom is -0.367 e. The molecule has 2 aliphatic heterocycles. The maximum Gasteiger partial charge on any atom is 0.433 e. The second-order valence-corrected chi connectivity index (χ2v) is 8.17. The number of piperazine rings is 1. The number of alkyl halides is 3. The highest BCUT2D eigenvalue weighted by Crippen LogP contribution is 2.37. The molecular weight excluding hydrogens is 421 g/mol. The highest BCUT2D eigenvalue weighted by molar-refractivity contribution is 5.95. The number of pyridine rings is 1. The fraction of sp³-hybridized carbons (Fsp3) is 0.409. The Balaban J connectivity index is 1.41. The minimum absolute atomic E-state index is 0.00947. The van der Waals surface area contributed by atoms with Gasteiger partial charge >= 0.3 is 12.2 Å². The lowest BCUT2D eigenvalue weighted by atomic mass is 10.0. The second kappa shape index (κ2) is 7.99. The summed E-state index contributed by atoms with van der Waals surface area (Å²) in [6, 6.07) is 7.08. The van der Waals surface area contributed by atoms with E-state index in [2.05, 4.69) is 20.1 Å². The van der Waals surface area contributed by atoms with E-state index in [1.54, 1.807) is 24.4 Å². The fourth-order valence-electron chi connectivity index (χ4n) is 4.54. The molecule has 0 saturated carbocycles. The number of hydrogen-bond acceptors (Lipinski definition) is 4. The Morgan fingerprint density at radius 2 is 1.69 bits per heavy atom. The predicted octanol–water partition coefficient (Wildman–Crippen LogP) is 3.98. The summed E-state index contributed by atoms with van der Waals surface area (Å²) in [4.78, 5) is 23.0. The van der Waals surface area contributed by atoms with Crippen molar-refractivity contribution < 1.29 is 18.0 Å². The third kappa shape index (κ3) is 3.74. The molecule has 3 aromatic rings. The molecule has 2 aromatic heterocycles. The molecule has 10 heteroatoms. The van der Waals surface area contributed by atoms with E-state index in [-0.39, 0.29) is 11.6 Å². The molecule has 1 aromatic carbocycles. The van der Waals surface area contributed by atoms with Crippen molar-refractivity contribution in [3.05, 3.63) is 42.4 Å². The first-order chi connectivity index (χ1) is 15.4. The molecule has 0 aliphatic carbocycles. The van der Waals surface area contributed by atoms with E-state index in [0.29, 0.717) is 37.3 Å². The Bertz CT molecular complexity index is 1130. The van der Waals surface area contributed by atoms with E-state index in [9.17, 15) is 18.0 Å². The van der Waals surface area contributed by atoms with Gasteiger partial charge in [-0.2, -0.15) is 18.3 Å². The number of rotatable bonds is 2. The molecular formula is C22H23F3N6O. The summed E-state index contributed by atoms with van der Waals surface area (Å²) in [5.74, 6) is 0. The zero-order chi connectivity index (χ0) is 22.3. The molecule has 2 amide bonds. The number of fused-ring (bicyclic) bond motifs is 1. The van der Waals surface area contributed by atoms with Crippen LogP contribution in [0.1, 0.15) is 18.5 Å². The number of benzene rings is 1. The number of aromatic amines is 1. The number of nitrogens with one attached hydrogen (secondary N) is 1. The molecule has 1 N–H and O–H groups in total. The van der Waals surface area contributed by atoms with Gasteiger partial charge in [0.1, 0.15) is 5.69 Å². The first kappa shape index (κ1) is 20.6. The van der Waals surface area contributed by atoms with E-state index in [1.807, 2.05) is 15.9 Å². The Hall–Kier alpha value is -3.30. The van der Waals surface area contributed by atoms with E-state index in [1.165, 1.54) is 6.20 Å². The van der Waals surface area contributed by atoms with Crippen LogP contribution in [0.25, 0.3) is 22.0 Å². The van der Waals surface area contributed by atoms with Crippen LogP contribution in [0, 0.1) is 0 Å². The van der Waals surface area contributed by atoms with Gasteiger partial charge in [0.15, 0.2) is 0 Å². The highest BCUT2D eigenvalue weighted by Gasteiger charge is 2.36. The zero-order valence-electron chi connectivity index (χ0n) is 17.4. The van der Waals surface area contributed by atoms with Gasteiger partial charge in [-0.15, -0.1) is 0 Å². The van der Waals surface area contributed by atoms with Gasteiger partial charge in [-0.05, 0) is 36.6 Å². The largest absolute Gasteiger partial charge is 0.433 e. The number of halogens is 3. The molecule has 7 nitrogen and oxygen atoms in total. The molecule has 0 atom stereocenters. The zero-order valence-corrected chi connectivity index (χ0v) is 17.4. The lowest BCUT2D eigenvalue weighted by molar-refractivity contribution is -0.140. The van der Waals surface area contributed by atoms with Crippen LogP contribution in [0.3, 0.4) is 0 Å². The predicted molar refractivity (Wildman–Crippen MR) is 114 cm³/mol. The summed E-state index contributed by atoms with van der Waals surface area (Å²) in [6.07, 6.45) is 0.505. The molecule has 0 spiro atoms. The molecule has 0 radical (unpaired) electrons. The van der Waals surface area contributed by atoms with Crippen LogP contribution in [0.2, 0.25) is 0 Å². The van der Waals surface area contributed by atoms with Gasteiger partial charge in [0, 0.05) is 62.1 Å². The summed E-state index contributed by atoms with van der Waals surface area (Å²) < 4.78 is 40.0. The number of anilines is 1. The average molecular weight is 444 g/mol. The van der Waals surface area contributed by atoms with Crippen molar-refractivity contribution >= 4 is 22.6 Å². The molecule has 2 fully saturated rings. The van der Waals surface area contributed by atoms with Crippen molar-refractivity contribution in [2.45, 2.75) is 19.0 Å². The lowest BCUT2D eigenvalue weighted by Gasteiger charge is -2.38. The molecule has 5 rings (SSSR count). The van der Waals surface area contributed by atoms with Crippen molar-refractivity contribution in [3.8, 4) is 11.1 Å². The number of H-pyrrole nitrogens is 1. The van der Waals surface area contributed by atoms with E-state index in [0.717, 1.165) is 37.0 Å². The minimum atomic E-state index is -4.52. The van der Waals surface area contributed by atoms with Crippen molar-refractivity contribution in [2.24, 2.45) is 0 Å². The molecule has 4 heterocycles. The van der Waals surface area contributed by atoms with Crippen LogP contribution in [0.4, 0.5) is 23.7 Å². The van der Waals surface area contributed by atoms with Gasteiger partial charge in [-0.3, -0.25) is 10.1 Å². The normalized spacial score (nSPS) is 17.4. The van der Waals surface area contributed by atoms with Gasteiger partial charge < -0.3 is 14.7 Å². The quantitative estimate of drug-likeness (QED) is 0.649. The lowest BCUT2D eigenvalue weighted by Crippen LogP contribution is -2.52. The summed E-state index contributed by atoms with van der Waals surface area (Å²) in [7, 11) is 0. The smallest absolute Gasteiger partial charge is 0.367 e. The van der Waals surface area contributed by atoms with Gasteiger partial charge in [0.25, 0.3) is 0 Å². The first-order valence-corrected chi connectivity index (χ1v) is 10.7. The molecule has 0 bridgehead atoms. The van der Waals surface area contributed by atoms with E-state index < -0.39 is 11.9 Å². The SMILES string of the molecule is O=C(N1CCCC1)N1CCN(c2ccnc3ccc(-c4cn[nH]c4C(F)(F)F)cc23)CC1. The molecule has 0 unspecified atom stereocenters. The van der Waals surface area contributed by atoms with E-state index in [4.69, 9.17) is 0 Å². The van der Waals surface area contributed by atoms with E-state index >= 15 is 0 Å². The fourth-order valence-corrected chi connectivity index (χ4v) is 4.54. The Kier molecular flexibility index (Phi) is 5.15. The summed E-state index contributed by atoms with van der Waals surface area (Å²) in [5, 5.41) is 6.45. The topological polar surface area (TPSA) is 68.4 Å². The number of hydrogen-bond donors (Lipinski definition) is 1. The third-order valence-corrected chi connectivity index (χ3v) is 6.22. The molecule has 2 saturated heterocycles. The van der Waals surface area contributed by atoms with Crippen LogP contribution in [-0.2, 0) is 6.18 Å². The molecule has 32 heavy (non-hydrogen) atoms. The summed E-state index contributed by atoms with van der Waals surface area (Å²) in [5.41, 5.74) is 1.18. The van der Waals surface area contributed by atoms with Crippen molar-refractivity contribution in [3.63, 3.8) is 0 Å². The first-order valence-electron chi connectivity index (χ1n) is 10.7. The van der Waals surface area contributed by atoms with Crippen molar-refractivity contribution in [1.29, 1.82) is 0 Å². The standard InChI is InChI=1S/C22H23F3N6O/c23-22(24,25)20-17(14-27-28-20)15-3-4-18-16(13-15)19(5-6-26-18)29-9-11-31(12-10-29)21(32)30-7-1-2-8-30/h3-6,13-14H,1-2,7-12H2,(H,27,28). The van der Waals surface area contributed by atoms with Crippen LogP contribution in [0.15, 0.2) is 36.7 Å². The van der Waals surface area contributed by atoms with Gasteiger partial charge in [-0.1, -0.05) is 6.07 Å². The van der Waals surface area contributed by atoms with Crippen LogP contribution >= 0.6 is 0 Å². The van der Waals surface area contributed by atoms with Gasteiger partial charge in [0.2, 0.25) is 0 Å². The van der Waals surface area contributed by atoms with Crippen molar-refractivity contribution in [2.75, 3.05) is 44.2 Å². The average Bonchev–Trinajstić information content (AvgIpc) is 3.50. The number of aromatic nitrogens is 3. The Morgan fingerprint density at radius 1 is 0.969 bits per heavy atom. The van der Waals surface area contributed by atoms with Gasteiger partial charge in [0.05, 0.1) is 11.7 Å². The van der Waals surface area contributed by atoms with Crippen LogP contribution < -0.4 is 4.90 Å². The number of nitrogens with zero attached hydrogens (tertiary/aromatic N) is 5. The van der Waals surface area contributed by atoms with Gasteiger partial charge in [-0.25, -0.2) is 4.79 Å². The Morgan fingerprint density at radius 3 is 2.41 bits per heavy atom. The van der Waals surface area contributed by atoms with Crippen molar-refractivity contribution in [1.82, 2.24) is 25.0 Å². The van der Waals surface area contributed by atoms with Crippen LogP contribution in [-0.4, -0.2) is 70.3 Å². The number of urea groups is 1. The summed E-state index contributed by atoms with van der Waals surface area (Å²) >= 11 is 0. The number of carbonyl (C=O) groups excluding carboxylic acids is 1. The highest BCUT2D eigenvalue weighted by atomic mass is 19.4. The summed E-state index contributed by atoms with van der Waals surface area (Å²) in [6.45, 7) is 4.18. The third-order valence-electron chi connectivity index (χ3n) is 6.22.